The van der Waals surface area contributed by atoms with E-state index in [-0.39, 0.29) is 0 Å². The van der Waals surface area contributed by atoms with Crippen molar-refractivity contribution < 1.29 is 4.21 Å². The van der Waals surface area contributed by atoms with Gasteiger partial charge >= 0.3 is 0 Å². The van der Waals surface area contributed by atoms with Crippen LogP contribution >= 0.6 is 11.6 Å². The average molecular weight is 308 g/mol. The van der Waals surface area contributed by atoms with Crippen molar-refractivity contribution in [2.45, 2.75) is 30.4 Å². The Labute approximate surface area is 127 Å². The monoisotopic (exact) mass is 307 g/mol. The highest BCUT2D eigenvalue weighted by Crippen LogP contribution is 2.22. The second-order valence-electron chi connectivity index (χ2n) is 5.07. The molecular weight excluding hydrogens is 290 g/mol. The molecule has 0 aliphatic rings. The lowest BCUT2D eigenvalue weighted by atomic mass is 10.0. The van der Waals surface area contributed by atoms with Gasteiger partial charge in [-0.05, 0) is 41.3 Å². The van der Waals surface area contributed by atoms with Crippen LogP contribution < -0.4 is 5.73 Å². The van der Waals surface area contributed by atoms with Crippen molar-refractivity contribution in [2.75, 3.05) is 5.73 Å². The summed E-state index contributed by atoms with van der Waals surface area (Å²) in [5.74, 6) is 0.927. The first kappa shape index (κ1) is 15.1. The van der Waals surface area contributed by atoms with Crippen molar-refractivity contribution in [1.29, 1.82) is 0 Å². The lowest BCUT2D eigenvalue weighted by Gasteiger charge is -2.08. The first-order chi connectivity index (χ1) is 9.47. The number of anilines is 1. The summed E-state index contributed by atoms with van der Waals surface area (Å²) in [4.78, 5) is 0.836. The fourth-order valence-electron chi connectivity index (χ4n) is 1.92. The van der Waals surface area contributed by atoms with Crippen LogP contribution in [-0.4, -0.2) is 4.21 Å². The van der Waals surface area contributed by atoms with Crippen LogP contribution in [0.25, 0.3) is 0 Å². The quantitative estimate of drug-likeness (QED) is 0.853. The van der Waals surface area contributed by atoms with Crippen LogP contribution in [0.1, 0.15) is 30.9 Å². The molecule has 2 nitrogen and oxygen atoms in total. The minimum Gasteiger partial charge on any atom is -0.398 e. The molecule has 2 aromatic carbocycles. The molecule has 0 saturated carbocycles. The zero-order valence-corrected chi connectivity index (χ0v) is 13.2. The molecule has 0 fully saturated rings. The summed E-state index contributed by atoms with van der Waals surface area (Å²) < 4.78 is 12.3. The first-order valence-corrected chi connectivity index (χ1v) is 8.19. The zero-order chi connectivity index (χ0) is 14.7. The third-order valence-corrected chi connectivity index (χ3v) is 4.91. The van der Waals surface area contributed by atoms with Gasteiger partial charge in [0.25, 0.3) is 0 Å². The van der Waals surface area contributed by atoms with Crippen molar-refractivity contribution in [3.63, 3.8) is 0 Å². The Morgan fingerprint density at radius 2 is 1.80 bits per heavy atom. The van der Waals surface area contributed by atoms with Gasteiger partial charge in [-0.3, -0.25) is 4.21 Å². The number of halogens is 1. The van der Waals surface area contributed by atoms with Crippen LogP contribution in [0.5, 0.6) is 0 Å². The highest BCUT2D eigenvalue weighted by atomic mass is 35.5. The molecule has 0 amide bonds. The molecule has 0 aliphatic carbocycles. The topological polar surface area (TPSA) is 43.1 Å². The summed E-state index contributed by atoms with van der Waals surface area (Å²) in [5, 5.41) is 0.529. The molecule has 2 rings (SSSR count). The van der Waals surface area contributed by atoms with Gasteiger partial charge in [0.1, 0.15) is 0 Å². The van der Waals surface area contributed by atoms with E-state index in [1.807, 2.05) is 30.3 Å². The van der Waals surface area contributed by atoms with Gasteiger partial charge in [-0.25, -0.2) is 0 Å². The van der Waals surface area contributed by atoms with Gasteiger partial charge in [-0.1, -0.05) is 43.6 Å². The van der Waals surface area contributed by atoms with Gasteiger partial charge in [-0.15, -0.1) is 0 Å². The Morgan fingerprint density at radius 3 is 2.35 bits per heavy atom. The van der Waals surface area contributed by atoms with Crippen molar-refractivity contribution in [3.8, 4) is 0 Å². The number of nitrogen functional groups attached to an aromatic ring is 1. The van der Waals surface area contributed by atoms with Gasteiger partial charge < -0.3 is 5.73 Å². The maximum atomic E-state index is 12.3. The van der Waals surface area contributed by atoms with Gasteiger partial charge in [0.2, 0.25) is 0 Å². The SMILES string of the molecule is CC(C)c1ccc(S(=O)Cc2ccc(Cl)c(N)c2)cc1. The second kappa shape index (κ2) is 6.42. The minimum atomic E-state index is -1.07. The molecule has 0 aromatic heterocycles. The fourth-order valence-corrected chi connectivity index (χ4v) is 3.13. The zero-order valence-electron chi connectivity index (χ0n) is 11.6. The molecule has 20 heavy (non-hydrogen) atoms. The largest absolute Gasteiger partial charge is 0.398 e. The van der Waals surface area contributed by atoms with Crippen LogP contribution in [0, 0.1) is 0 Å². The summed E-state index contributed by atoms with van der Waals surface area (Å²) in [7, 11) is -1.07. The van der Waals surface area contributed by atoms with Gasteiger partial charge in [0.05, 0.1) is 27.3 Å². The highest BCUT2D eigenvalue weighted by molar-refractivity contribution is 7.84. The Morgan fingerprint density at radius 1 is 1.15 bits per heavy atom. The molecule has 0 radical (unpaired) electrons. The van der Waals surface area contributed by atoms with Crippen LogP contribution in [0.3, 0.4) is 0 Å². The predicted octanol–water partition coefficient (Wildman–Crippen LogP) is 4.35. The Balaban J connectivity index is 2.13. The number of rotatable bonds is 4. The summed E-state index contributed by atoms with van der Waals surface area (Å²) in [5.41, 5.74) is 8.46. The smallest absolute Gasteiger partial charge is 0.0635 e. The molecule has 2 N–H and O–H groups in total. The van der Waals surface area contributed by atoms with Crippen LogP contribution in [0.2, 0.25) is 5.02 Å². The van der Waals surface area contributed by atoms with Crippen LogP contribution in [-0.2, 0) is 16.6 Å². The lowest BCUT2D eigenvalue weighted by molar-refractivity contribution is 0.682. The Kier molecular flexibility index (Phi) is 4.84. The van der Waals surface area contributed by atoms with Crippen molar-refractivity contribution in [1.82, 2.24) is 0 Å². The number of hydrogen-bond acceptors (Lipinski definition) is 2. The van der Waals surface area contributed by atoms with E-state index in [9.17, 15) is 4.21 Å². The van der Waals surface area contributed by atoms with E-state index in [1.54, 1.807) is 12.1 Å². The van der Waals surface area contributed by atoms with Gasteiger partial charge in [-0.2, -0.15) is 0 Å². The lowest BCUT2D eigenvalue weighted by Crippen LogP contribution is -1.98. The number of nitrogens with two attached hydrogens (primary N) is 1. The maximum Gasteiger partial charge on any atom is 0.0635 e. The summed E-state index contributed by atoms with van der Waals surface area (Å²) in [6, 6.07) is 13.3. The molecule has 106 valence electrons. The average Bonchev–Trinajstić information content (AvgIpc) is 2.43. The fraction of sp³-hybridized carbons (Fsp3) is 0.250. The van der Waals surface area contributed by atoms with E-state index >= 15 is 0 Å². The third-order valence-electron chi connectivity index (χ3n) is 3.17. The molecule has 0 spiro atoms. The Bertz CT molecular complexity index is 623. The van der Waals surface area contributed by atoms with Crippen LogP contribution in [0.4, 0.5) is 5.69 Å². The highest BCUT2D eigenvalue weighted by Gasteiger charge is 2.07. The van der Waals surface area contributed by atoms with E-state index < -0.39 is 10.8 Å². The minimum absolute atomic E-state index is 0.447. The third kappa shape index (κ3) is 3.62. The number of hydrogen-bond donors (Lipinski definition) is 1. The summed E-state index contributed by atoms with van der Waals surface area (Å²) in [6.45, 7) is 4.28. The molecule has 0 saturated heterocycles. The summed E-state index contributed by atoms with van der Waals surface area (Å²) in [6.07, 6.45) is 0. The normalized spacial score (nSPS) is 12.6. The van der Waals surface area contributed by atoms with E-state index in [0.717, 1.165) is 10.5 Å². The second-order valence-corrected chi connectivity index (χ2v) is 6.93. The maximum absolute atomic E-state index is 12.3. The molecule has 0 aliphatic heterocycles. The van der Waals surface area contributed by atoms with E-state index in [0.29, 0.717) is 22.4 Å². The molecule has 1 unspecified atom stereocenters. The van der Waals surface area contributed by atoms with E-state index in [4.69, 9.17) is 17.3 Å². The van der Waals surface area contributed by atoms with Crippen LogP contribution in [0.15, 0.2) is 47.4 Å². The standard InChI is InChI=1S/C16H18ClNOS/c1-11(2)13-4-6-14(7-5-13)20(19)10-12-3-8-15(17)16(18)9-12/h3-9,11H,10,18H2,1-2H3. The van der Waals surface area contributed by atoms with Crippen molar-refractivity contribution in [3.05, 3.63) is 58.6 Å². The van der Waals surface area contributed by atoms with Gasteiger partial charge in [0, 0.05) is 4.90 Å². The molecule has 1 atom stereocenters. The van der Waals surface area contributed by atoms with E-state index in [2.05, 4.69) is 13.8 Å². The molecule has 0 bridgehead atoms. The van der Waals surface area contributed by atoms with Crippen molar-refractivity contribution >= 4 is 28.1 Å². The molecular formula is C16H18ClNOS. The molecule has 0 heterocycles. The predicted molar refractivity (Wildman–Crippen MR) is 86.5 cm³/mol. The summed E-state index contributed by atoms with van der Waals surface area (Å²) >= 11 is 5.88. The number of benzene rings is 2. The molecule has 4 heteroatoms. The van der Waals surface area contributed by atoms with Crippen molar-refractivity contribution in [2.24, 2.45) is 0 Å². The first-order valence-electron chi connectivity index (χ1n) is 6.49. The van der Waals surface area contributed by atoms with E-state index in [1.165, 1.54) is 5.56 Å². The van der Waals surface area contributed by atoms with Gasteiger partial charge in [0.15, 0.2) is 0 Å². The molecule has 2 aromatic rings. The Hall–Kier alpha value is -1.32.